The molecular weight excluding hydrogens is 302 g/mol. The molecule has 0 heterocycles. The van der Waals surface area contributed by atoms with Gasteiger partial charge in [0.05, 0.1) is 0 Å². The van der Waals surface area contributed by atoms with Gasteiger partial charge >= 0.3 is 0 Å². The molecule has 0 aliphatic carbocycles. The van der Waals surface area contributed by atoms with Crippen molar-refractivity contribution >= 4 is 27.5 Å². The molecule has 0 bridgehead atoms. The van der Waals surface area contributed by atoms with Gasteiger partial charge in [-0.3, -0.25) is 4.79 Å². The predicted molar refractivity (Wildman–Crippen MR) is 82.7 cm³/mol. The summed E-state index contributed by atoms with van der Waals surface area (Å²) in [7, 11) is 0. The van der Waals surface area contributed by atoms with Gasteiger partial charge in [0, 0.05) is 22.3 Å². The molecule has 0 unspecified atom stereocenters. The smallest absolute Gasteiger partial charge is 0.258 e. The van der Waals surface area contributed by atoms with Crippen molar-refractivity contribution in [3.05, 3.63) is 64.1 Å². The molecule has 3 heteroatoms. The Morgan fingerprint density at radius 1 is 1.16 bits per heavy atom. The highest BCUT2D eigenvalue weighted by Gasteiger charge is 2.17. The van der Waals surface area contributed by atoms with Crippen LogP contribution in [0.15, 0.2) is 53.0 Å². The van der Waals surface area contributed by atoms with Gasteiger partial charge in [-0.05, 0) is 43.7 Å². The summed E-state index contributed by atoms with van der Waals surface area (Å²) in [6.45, 7) is 4.66. The topological polar surface area (TPSA) is 20.3 Å². The monoisotopic (exact) mass is 317 g/mol. The van der Waals surface area contributed by atoms with E-state index in [-0.39, 0.29) is 5.91 Å². The fraction of sp³-hybridized carbons (Fsp3) is 0.188. The summed E-state index contributed by atoms with van der Waals surface area (Å²) in [5.74, 6) is 0.0260. The summed E-state index contributed by atoms with van der Waals surface area (Å²) in [4.78, 5) is 14.4. The van der Waals surface area contributed by atoms with Gasteiger partial charge in [0.15, 0.2) is 0 Å². The van der Waals surface area contributed by atoms with Gasteiger partial charge in [0.2, 0.25) is 0 Å². The molecule has 1 amide bonds. The lowest BCUT2D eigenvalue weighted by Gasteiger charge is -2.23. The van der Waals surface area contributed by atoms with Crippen LogP contribution in [-0.2, 0) is 0 Å². The molecular formula is C16H16BrNO. The van der Waals surface area contributed by atoms with E-state index >= 15 is 0 Å². The maximum absolute atomic E-state index is 12.6. The van der Waals surface area contributed by atoms with E-state index < -0.39 is 0 Å². The molecule has 2 aromatic rings. The van der Waals surface area contributed by atoms with Crippen LogP contribution in [-0.4, -0.2) is 12.5 Å². The van der Waals surface area contributed by atoms with Crippen LogP contribution in [0.4, 0.5) is 5.69 Å². The lowest BCUT2D eigenvalue weighted by molar-refractivity contribution is 0.0988. The average molecular weight is 318 g/mol. The fourth-order valence-corrected chi connectivity index (χ4v) is 2.47. The van der Waals surface area contributed by atoms with Crippen molar-refractivity contribution in [2.45, 2.75) is 13.8 Å². The first-order valence-electron chi connectivity index (χ1n) is 6.26. The highest BCUT2D eigenvalue weighted by atomic mass is 79.9. The van der Waals surface area contributed by atoms with E-state index in [9.17, 15) is 4.79 Å². The lowest BCUT2D eigenvalue weighted by atomic mass is 10.1. The van der Waals surface area contributed by atoms with E-state index in [1.54, 1.807) is 4.90 Å². The number of benzene rings is 2. The van der Waals surface area contributed by atoms with Crippen LogP contribution in [0.5, 0.6) is 0 Å². The molecule has 98 valence electrons. The van der Waals surface area contributed by atoms with Gasteiger partial charge in [-0.2, -0.15) is 0 Å². The predicted octanol–water partition coefficient (Wildman–Crippen LogP) is 4.42. The number of amides is 1. The molecule has 0 saturated heterocycles. The molecule has 2 aromatic carbocycles. The van der Waals surface area contributed by atoms with Crippen molar-refractivity contribution in [2.75, 3.05) is 11.4 Å². The summed E-state index contributed by atoms with van der Waals surface area (Å²) < 4.78 is 0.916. The molecule has 0 aliphatic rings. The number of carbonyl (C=O) groups excluding carboxylic acids is 1. The molecule has 0 N–H and O–H groups in total. The number of para-hydroxylation sites is 1. The highest BCUT2D eigenvalue weighted by Crippen LogP contribution is 2.22. The first-order chi connectivity index (χ1) is 9.13. The van der Waals surface area contributed by atoms with Crippen molar-refractivity contribution in [3.8, 4) is 0 Å². The first kappa shape index (κ1) is 13.8. The van der Waals surface area contributed by atoms with Crippen molar-refractivity contribution in [3.63, 3.8) is 0 Å². The number of carbonyl (C=O) groups is 1. The zero-order chi connectivity index (χ0) is 13.8. The van der Waals surface area contributed by atoms with E-state index in [1.165, 1.54) is 0 Å². The minimum atomic E-state index is 0.0260. The molecule has 0 aliphatic heterocycles. The Balaban J connectivity index is 2.38. The Bertz CT molecular complexity index is 595. The largest absolute Gasteiger partial charge is 0.308 e. The Kier molecular flexibility index (Phi) is 4.38. The molecule has 0 atom stereocenters. The minimum Gasteiger partial charge on any atom is -0.308 e. The molecule has 0 fully saturated rings. The van der Waals surface area contributed by atoms with Crippen LogP contribution in [0.1, 0.15) is 22.8 Å². The van der Waals surface area contributed by atoms with Crippen LogP contribution >= 0.6 is 15.9 Å². The third kappa shape index (κ3) is 3.04. The Morgan fingerprint density at radius 3 is 2.53 bits per heavy atom. The zero-order valence-corrected chi connectivity index (χ0v) is 12.6. The normalized spacial score (nSPS) is 10.3. The minimum absolute atomic E-state index is 0.0260. The van der Waals surface area contributed by atoms with Crippen LogP contribution in [0.25, 0.3) is 0 Å². The van der Waals surface area contributed by atoms with Gasteiger partial charge < -0.3 is 4.90 Å². The fourth-order valence-electron chi connectivity index (χ4n) is 2.07. The summed E-state index contributed by atoms with van der Waals surface area (Å²) in [6.07, 6.45) is 0. The highest BCUT2D eigenvalue weighted by molar-refractivity contribution is 9.10. The summed E-state index contributed by atoms with van der Waals surface area (Å²) in [5.41, 5.74) is 2.77. The zero-order valence-electron chi connectivity index (χ0n) is 11.1. The number of nitrogens with zero attached hydrogens (tertiary/aromatic N) is 1. The summed E-state index contributed by atoms with van der Waals surface area (Å²) in [5, 5.41) is 0. The van der Waals surface area contributed by atoms with Crippen molar-refractivity contribution < 1.29 is 4.79 Å². The second-order valence-electron chi connectivity index (χ2n) is 4.35. The van der Waals surface area contributed by atoms with Crippen LogP contribution in [0.3, 0.4) is 0 Å². The van der Waals surface area contributed by atoms with E-state index in [2.05, 4.69) is 15.9 Å². The van der Waals surface area contributed by atoms with E-state index in [4.69, 9.17) is 0 Å². The molecule has 0 saturated carbocycles. The molecule has 2 rings (SSSR count). The lowest BCUT2D eigenvalue weighted by Crippen LogP contribution is -2.31. The van der Waals surface area contributed by atoms with Gasteiger partial charge in [-0.15, -0.1) is 0 Å². The number of hydrogen-bond acceptors (Lipinski definition) is 1. The first-order valence-corrected chi connectivity index (χ1v) is 7.06. The summed E-state index contributed by atoms with van der Waals surface area (Å²) >= 11 is 3.40. The van der Waals surface area contributed by atoms with Gasteiger partial charge in [-0.25, -0.2) is 0 Å². The molecule has 2 nitrogen and oxygen atoms in total. The van der Waals surface area contributed by atoms with Crippen LogP contribution < -0.4 is 4.90 Å². The average Bonchev–Trinajstić information content (AvgIpc) is 2.41. The van der Waals surface area contributed by atoms with Crippen LogP contribution in [0, 0.1) is 6.92 Å². The van der Waals surface area contributed by atoms with Crippen molar-refractivity contribution in [2.24, 2.45) is 0 Å². The molecule has 0 aromatic heterocycles. The summed E-state index contributed by atoms with van der Waals surface area (Å²) in [6, 6.07) is 15.4. The van der Waals surface area contributed by atoms with Gasteiger partial charge in [0.25, 0.3) is 5.91 Å². The second-order valence-corrected chi connectivity index (χ2v) is 5.26. The number of halogens is 1. The van der Waals surface area contributed by atoms with Crippen molar-refractivity contribution in [1.29, 1.82) is 0 Å². The number of rotatable bonds is 3. The molecule has 0 spiro atoms. The van der Waals surface area contributed by atoms with E-state index in [0.29, 0.717) is 12.1 Å². The number of anilines is 1. The van der Waals surface area contributed by atoms with Gasteiger partial charge in [0.1, 0.15) is 0 Å². The molecule has 19 heavy (non-hydrogen) atoms. The van der Waals surface area contributed by atoms with E-state index in [0.717, 1.165) is 15.7 Å². The number of hydrogen-bond donors (Lipinski definition) is 0. The second kappa shape index (κ2) is 6.02. The Labute approximate surface area is 122 Å². The number of aryl methyl sites for hydroxylation is 1. The SMILES string of the molecule is CCN(C(=O)c1cccc(Br)c1)c1ccccc1C. The van der Waals surface area contributed by atoms with E-state index in [1.807, 2.05) is 62.4 Å². The maximum atomic E-state index is 12.6. The maximum Gasteiger partial charge on any atom is 0.258 e. The standard InChI is InChI=1S/C16H16BrNO/c1-3-18(15-10-5-4-7-12(15)2)16(19)13-8-6-9-14(17)11-13/h4-11H,3H2,1-2H3. The molecule has 0 radical (unpaired) electrons. The van der Waals surface area contributed by atoms with Crippen molar-refractivity contribution in [1.82, 2.24) is 0 Å². The Morgan fingerprint density at radius 2 is 1.89 bits per heavy atom. The Hall–Kier alpha value is -1.61. The third-order valence-electron chi connectivity index (χ3n) is 3.04. The quantitative estimate of drug-likeness (QED) is 0.820. The van der Waals surface area contributed by atoms with Gasteiger partial charge in [-0.1, -0.05) is 40.2 Å². The third-order valence-corrected chi connectivity index (χ3v) is 3.53. The van der Waals surface area contributed by atoms with Crippen LogP contribution in [0.2, 0.25) is 0 Å².